The predicted molar refractivity (Wildman–Crippen MR) is 96.3 cm³/mol. The van der Waals surface area contributed by atoms with Gasteiger partial charge < -0.3 is 10.2 Å². The number of hydrogen-bond acceptors (Lipinski definition) is 3. The number of H-pyrrole nitrogens is 1. The van der Waals surface area contributed by atoms with Crippen molar-refractivity contribution in [3.05, 3.63) is 46.3 Å². The lowest BCUT2D eigenvalue weighted by atomic mass is 9.85. The third-order valence-corrected chi connectivity index (χ3v) is 4.69. The van der Waals surface area contributed by atoms with Gasteiger partial charge in [0.1, 0.15) is 0 Å². The highest BCUT2D eigenvalue weighted by Gasteiger charge is 2.40. The van der Waals surface area contributed by atoms with Crippen LogP contribution in [0.4, 0.5) is 18.9 Å². The Labute approximate surface area is 155 Å². The molecular formula is C19H23F3N4O. The van der Waals surface area contributed by atoms with E-state index in [1.54, 1.807) is 0 Å². The number of nitrogens with zero attached hydrogens (tertiary/aromatic N) is 2. The molecule has 146 valence electrons. The molecule has 1 aromatic heterocycles. The summed E-state index contributed by atoms with van der Waals surface area (Å²) in [5.41, 5.74) is 2.45. The van der Waals surface area contributed by atoms with Crippen molar-refractivity contribution in [2.45, 2.75) is 38.9 Å². The molecule has 3 rings (SSSR count). The zero-order chi connectivity index (χ0) is 19.8. The second kappa shape index (κ2) is 7.34. The number of aryl methyl sites for hydroxylation is 2. The van der Waals surface area contributed by atoms with Crippen molar-refractivity contribution in [2.24, 2.45) is 5.92 Å². The van der Waals surface area contributed by atoms with Crippen LogP contribution < -0.4 is 5.32 Å². The Balaban J connectivity index is 1.75. The molecule has 5 nitrogen and oxygen atoms in total. The third-order valence-electron chi connectivity index (χ3n) is 4.69. The van der Waals surface area contributed by atoms with Gasteiger partial charge in [0.25, 0.3) is 0 Å². The minimum atomic E-state index is -4.51. The molecule has 1 atom stereocenters. The summed E-state index contributed by atoms with van der Waals surface area (Å²) < 4.78 is 39.3. The summed E-state index contributed by atoms with van der Waals surface area (Å²) in [6.45, 7) is 2.68. The average molecular weight is 380 g/mol. The maximum absolute atomic E-state index is 13.1. The molecule has 2 N–H and O–H groups in total. The van der Waals surface area contributed by atoms with Gasteiger partial charge in [-0.3, -0.25) is 9.89 Å². The summed E-state index contributed by atoms with van der Waals surface area (Å²) in [4.78, 5) is 14.7. The number of fused-ring (bicyclic) bond motifs is 1. The van der Waals surface area contributed by atoms with Gasteiger partial charge in [0.15, 0.2) is 5.69 Å². The SMILES string of the molecule is Cc1cc(CN(C)C)cc(NC(=O)C2CCc3[nH]nc(C(F)(F)F)c3C2)c1. The Kier molecular flexibility index (Phi) is 5.28. The van der Waals surface area contributed by atoms with Crippen molar-refractivity contribution in [1.82, 2.24) is 15.1 Å². The lowest BCUT2D eigenvalue weighted by Crippen LogP contribution is -2.29. The first-order valence-electron chi connectivity index (χ1n) is 8.83. The van der Waals surface area contributed by atoms with E-state index in [2.05, 4.69) is 15.5 Å². The summed E-state index contributed by atoms with van der Waals surface area (Å²) in [6.07, 6.45) is -3.59. The Morgan fingerprint density at radius 2 is 2.07 bits per heavy atom. The van der Waals surface area contributed by atoms with Crippen LogP contribution in [0.5, 0.6) is 0 Å². The van der Waals surface area contributed by atoms with Gasteiger partial charge in [0, 0.05) is 29.4 Å². The summed E-state index contributed by atoms with van der Waals surface area (Å²) in [6, 6.07) is 5.81. The van der Waals surface area contributed by atoms with Crippen molar-refractivity contribution in [2.75, 3.05) is 19.4 Å². The molecule has 0 aliphatic heterocycles. The number of amides is 1. The highest BCUT2D eigenvalue weighted by molar-refractivity contribution is 5.93. The maximum Gasteiger partial charge on any atom is 0.435 e. The normalized spacial score (nSPS) is 17.1. The first-order chi connectivity index (χ1) is 12.6. The minimum Gasteiger partial charge on any atom is -0.326 e. The molecule has 0 radical (unpaired) electrons. The molecule has 1 aliphatic carbocycles. The second-order valence-electron chi connectivity index (χ2n) is 7.40. The van der Waals surface area contributed by atoms with E-state index in [0.29, 0.717) is 24.2 Å². The van der Waals surface area contributed by atoms with Crippen molar-refractivity contribution >= 4 is 11.6 Å². The molecule has 1 unspecified atom stereocenters. The first-order valence-corrected chi connectivity index (χ1v) is 8.83. The number of hydrogen-bond donors (Lipinski definition) is 2. The number of anilines is 1. The fourth-order valence-electron chi connectivity index (χ4n) is 3.59. The van der Waals surface area contributed by atoms with E-state index in [0.717, 1.165) is 17.7 Å². The second-order valence-corrected chi connectivity index (χ2v) is 7.40. The molecule has 1 aliphatic rings. The summed E-state index contributed by atoms with van der Waals surface area (Å²) in [7, 11) is 3.92. The standard InChI is InChI=1S/C19H23F3N4O/c1-11-6-12(10-26(2)3)8-14(7-11)23-18(27)13-4-5-16-15(9-13)17(25-24-16)19(20,21)22/h6-8,13H,4-5,9-10H2,1-3H3,(H,23,27)(H,24,25). The number of nitrogens with one attached hydrogen (secondary N) is 2. The number of alkyl halides is 3. The van der Waals surface area contributed by atoms with E-state index < -0.39 is 17.8 Å². The number of aromatic amines is 1. The maximum atomic E-state index is 13.1. The number of carbonyl (C=O) groups is 1. The summed E-state index contributed by atoms with van der Waals surface area (Å²) >= 11 is 0. The molecule has 1 amide bonds. The van der Waals surface area contributed by atoms with Crippen LogP contribution in [0.15, 0.2) is 18.2 Å². The number of halogens is 3. The van der Waals surface area contributed by atoms with Crippen LogP contribution in [0.3, 0.4) is 0 Å². The molecule has 0 saturated carbocycles. The lowest BCUT2D eigenvalue weighted by Gasteiger charge is -2.22. The molecular weight excluding hydrogens is 357 g/mol. The molecule has 0 fully saturated rings. The van der Waals surface area contributed by atoms with E-state index in [-0.39, 0.29) is 17.9 Å². The Hall–Kier alpha value is -2.35. The Bertz CT molecular complexity index is 842. The number of aromatic nitrogens is 2. The van der Waals surface area contributed by atoms with Crippen molar-refractivity contribution in [3.8, 4) is 0 Å². The minimum absolute atomic E-state index is 0.0445. The van der Waals surface area contributed by atoms with Crippen LogP contribution in [-0.2, 0) is 30.4 Å². The van der Waals surface area contributed by atoms with Gasteiger partial charge in [-0.1, -0.05) is 6.07 Å². The zero-order valence-corrected chi connectivity index (χ0v) is 15.6. The fraction of sp³-hybridized carbons (Fsp3) is 0.474. The van der Waals surface area contributed by atoms with Crippen LogP contribution in [0.25, 0.3) is 0 Å². The highest BCUT2D eigenvalue weighted by Crippen LogP contribution is 2.36. The zero-order valence-electron chi connectivity index (χ0n) is 15.6. The monoisotopic (exact) mass is 380 g/mol. The number of carbonyl (C=O) groups excluding carboxylic acids is 1. The molecule has 8 heteroatoms. The largest absolute Gasteiger partial charge is 0.435 e. The van der Waals surface area contributed by atoms with Crippen molar-refractivity contribution < 1.29 is 18.0 Å². The van der Waals surface area contributed by atoms with Gasteiger partial charge >= 0.3 is 6.18 Å². The van der Waals surface area contributed by atoms with Gasteiger partial charge in [-0.25, -0.2) is 0 Å². The van der Waals surface area contributed by atoms with E-state index in [9.17, 15) is 18.0 Å². The molecule has 1 aromatic carbocycles. The van der Waals surface area contributed by atoms with Crippen LogP contribution in [0, 0.1) is 12.8 Å². The van der Waals surface area contributed by atoms with E-state index in [1.807, 2.05) is 44.1 Å². The van der Waals surface area contributed by atoms with Gasteiger partial charge in [-0.15, -0.1) is 0 Å². The van der Waals surface area contributed by atoms with Crippen molar-refractivity contribution in [3.63, 3.8) is 0 Å². The lowest BCUT2D eigenvalue weighted by molar-refractivity contribution is -0.142. The highest BCUT2D eigenvalue weighted by atomic mass is 19.4. The number of rotatable bonds is 4. The van der Waals surface area contributed by atoms with E-state index in [4.69, 9.17) is 0 Å². The molecule has 2 aromatic rings. The quantitative estimate of drug-likeness (QED) is 0.853. The van der Waals surface area contributed by atoms with Crippen LogP contribution >= 0.6 is 0 Å². The first kappa shape index (κ1) is 19.4. The van der Waals surface area contributed by atoms with Gasteiger partial charge in [0.2, 0.25) is 5.91 Å². The topological polar surface area (TPSA) is 61.0 Å². The molecule has 0 bridgehead atoms. The van der Waals surface area contributed by atoms with E-state index in [1.165, 1.54) is 0 Å². The Morgan fingerprint density at radius 1 is 1.33 bits per heavy atom. The van der Waals surface area contributed by atoms with Crippen LogP contribution in [0.2, 0.25) is 0 Å². The molecule has 27 heavy (non-hydrogen) atoms. The van der Waals surface area contributed by atoms with Gasteiger partial charge in [-0.2, -0.15) is 18.3 Å². The molecule has 0 saturated heterocycles. The predicted octanol–water partition coefficient (Wildman–Crippen LogP) is 3.54. The number of benzene rings is 1. The van der Waals surface area contributed by atoms with E-state index >= 15 is 0 Å². The Morgan fingerprint density at radius 3 is 2.74 bits per heavy atom. The average Bonchev–Trinajstić information content (AvgIpc) is 2.96. The van der Waals surface area contributed by atoms with Gasteiger partial charge in [-0.05, 0) is 63.5 Å². The summed E-state index contributed by atoms with van der Waals surface area (Å²) in [5, 5.41) is 8.76. The van der Waals surface area contributed by atoms with Crippen molar-refractivity contribution in [1.29, 1.82) is 0 Å². The smallest absolute Gasteiger partial charge is 0.326 e. The fourth-order valence-corrected chi connectivity index (χ4v) is 3.59. The van der Waals surface area contributed by atoms with Gasteiger partial charge in [0.05, 0.1) is 0 Å². The van der Waals surface area contributed by atoms with Crippen LogP contribution in [0.1, 0.15) is 34.5 Å². The molecule has 0 spiro atoms. The molecule has 1 heterocycles. The summed E-state index contributed by atoms with van der Waals surface area (Å²) in [5.74, 6) is -0.759. The van der Waals surface area contributed by atoms with Crippen LogP contribution in [-0.4, -0.2) is 35.1 Å². The third kappa shape index (κ3) is 4.50.